The van der Waals surface area contributed by atoms with Gasteiger partial charge in [-0.2, -0.15) is 0 Å². The summed E-state index contributed by atoms with van der Waals surface area (Å²) in [6.45, 7) is 4.00. The molecule has 0 saturated carbocycles. The van der Waals surface area contributed by atoms with Gasteiger partial charge in [-0.3, -0.25) is 0 Å². The Kier molecular flexibility index (Phi) is 5.53. The largest absolute Gasteiger partial charge is 0.211 e. The minimum atomic E-state index is 0. The molecule has 2 rings (SSSR count). The summed E-state index contributed by atoms with van der Waals surface area (Å²) < 4.78 is 0. The van der Waals surface area contributed by atoms with Crippen molar-refractivity contribution in [2.45, 2.75) is 21.3 Å². The van der Waals surface area contributed by atoms with Crippen LogP contribution in [0.2, 0.25) is 0 Å². The highest BCUT2D eigenvalue weighted by Crippen LogP contribution is 2.04. The summed E-state index contributed by atoms with van der Waals surface area (Å²) in [5.74, 6) is 0. The number of fused-ring (bicyclic) bond motifs is 1. The molecule has 1 heterocycles. The summed E-state index contributed by atoms with van der Waals surface area (Å²) in [7, 11) is 0. The maximum absolute atomic E-state index is 3.15. The van der Waals surface area contributed by atoms with Gasteiger partial charge in [0.2, 0.25) is 5.52 Å². The number of benzene rings is 1. The molecule has 0 unspecified atom stereocenters. The molecule has 0 spiro atoms. The second-order valence-corrected chi connectivity index (χ2v) is 2.26. The van der Waals surface area contributed by atoms with Crippen LogP contribution in [0, 0.1) is 0 Å². The van der Waals surface area contributed by atoms with E-state index in [0.29, 0.717) is 0 Å². The number of pyridine rings is 1. The topological polar surface area (TPSA) is 14.1 Å². The summed E-state index contributed by atoms with van der Waals surface area (Å²) in [6, 6.07) is 12.3. The van der Waals surface area contributed by atoms with Crippen LogP contribution in [-0.4, -0.2) is 0 Å². The Morgan fingerprint density at radius 3 is 2.23 bits per heavy atom. The highest BCUT2D eigenvalue weighted by molar-refractivity contribution is 5.74. The molecule has 0 radical (unpaired) electrons. The molecule has 1 aromatic heterocycles. The van der Waals surface area contributed by atoms with Crippen molar-refractivity contribution in [3.63, 3.8) is 0 Å². The van der Waals surface area contributed by atoms with Gasteiger partial charge in [-0.25, -0.2) is 4.98 Å². The molecule has 2 aromatic rings. The number of nitrogens with one attached hydrogen (secondary N) is 1. The third-order valence-electron chi connectivity index (χ3n) is 1.57. The summed E-state index contributed by atoms with van der Waals surface area (Å²) in [5.41, 5.74) is 1.19. The number of H-pyrrole nitrogens is 1. The third kappa shape index (κ3) is 2.86. The molecule has 1 aromatic carbocycles. The van der Waals surface area contributed by atoms with Gasteiger partial charge in [0.1, 0.15) is 0 Å². The van der Waals surface area contributed by atoms with Crippen LogP contribution in [0.1, 0.15) is 21.3 Å². The lowest BCUT2D eigenvalue weighted by Gasteiger charge is -1.85. The van der Waals surface area contributed by atoms with Crippen LogP contribution < -0.4 is 4.98 Å². The van der Waals surface area contributed by atoms with E-state index in [4.69, 9.17) is 0 Å². The fourth-order valence-corrected chi connectivity index (χ4v) is 1.06. The Bertz CT molecular complexity index is 276. The van der Waals surface area contributed by atoms with Crippen LogP contribution in [0.25, 0.3) is 10.9 Å². The van der Waals surface area contributed by atoms with Crippen molar-refractivity contribution in [3.05, 3.63) is 42.6 Å². The van der Waals surface area contributed by atoms with Crippen LogP contribution in [-0.2, 0) is 0 Å². The van der Waals surface area contributed by atoms with Gasteiger partial charge in [0, 0.05) is 17.5 Å². The number of aromatic nitrogens is 1. The Morgan fingerprint density at radius 2 is 1.54 bits per heavy atom. The van der Waals surface area contributed by atoms with E-state index in [1.54, 1.807) is 0 Å². The molecule has 0 aliphatic heterocycles. The molecule has 1 nitrogen and oxygen atoms in total. The average Bonchev–Trinajstić information content (AvgIpc) is 2.21. The van der Waals surface area contributed by atoms with E-state index in [1.807, 2.05) is 38.2 Å². The normalized spacial score (nSPS) is 8.15. The smallest absolute Gasteiger partial charge is 0.210 e. The van der Waals surface area contributed by atoms with Gasteiger partial charge in [-0.1, -0.05) is 33.4 Å². The minimum absolute atomic E-state index is 0. The van der Waals surface area contributed by atoms with E-state index in [1.165, 1.54) is 10.9 Å². The zero-order chi connectivity index (χ0) is 8.81. The molecule has 0 fully saturated rings. The highest BCUT2D eigenvalue weighted by Gasteiger charge is 1.92. The monoisotopic (exact) mass is 176 g/mol. The van der Waals surface area contributed by atoms with Gasteiger partial charge in [0.25, 0.3) is 0 Å². The molecule has 1 heteroatoms. The van der Waals surface area contributed by atoms with E-state index in [-0.39, 0.29) is 7.43 Å². The van der Waals surface area contributed by atoms with Gasteiger partial charge in [0.05, 0.1) is 0 Å². The molecule has 70 valence electrons. The summed E-state index contributed by atoms with van der Waals surface area (Å²) in [6.07, 6.45) is 1.93. The van der Waals surface area contributed by atoms with Gasteiger partial charge in [0.15, 0.2) is 6.20 Å². The molecule has 0 bridgehead atoms. The van der Waals surface area contributed by atoms with Crippen molar-refractivity contribution < 1.29 is 4.98 Å². The van der Waals surface area contributed by atoms with Crippen LogP contribution in [0.4, 0.5) is 0 Å². The fourth-order valence-electron chi connectivity index (χ4n) is 1.06. The summed E-state index contributed by atoms with van der Waals surface area (Å²) in [5, 5.41) is 1.25. The second-order valence-electron chi connectivity index (χ2n) is 2.26. The Hall–Kier alpha value is -1.37. The highest BCUT2D eigenvalue weighted by atomic mass is 14.6. The number of hydrogen-bond donors (Lipinski definition) is 0. The second kappa shape index (κ2) is 6.18. The van der Waals surface area contributed by atoms with Crippen molar-refractivity contribution in [1.82, 2.24) is 0 Å². The average molecular weight is 176 g/mol. The Morgan fingerprint density at radius 1 is 0.923 bits per heavy atom. The summed E-state index contributed by atoms with van der Waals surface area (Å²) >= 11 is 0. The van der Waals surface area contributed by atoms with Crippen molar-refractivity contribution in [3.8, 4) is 0 Å². The molecule has 13 heavy (non-hydrogen) atoms. The first-order chi connectivity index (χ1) is 5.97. The first kappa shape index (κ1) is 11.6. The van der Waals surface area contributed by atoms with Crippen molar-refractivity contribution in [2.75, 3.05) is 0 Å². The lowest BCUT2D eigenvalue weighted by Crippen LogP contribution is -1.99. The molecule has 0 atom stereocenters. The van der Waals surface area contributed by atoms with Gasteiger partial charge < -0.3 is 0 Å². The number of hydrogen-bond acceptors (Lipinski definition) is 0. The molecule has 0 saturated heterocycles. The minimum Gasteiger partial charge on any atom is -0.211 e. The van der Waals surface area contributed by atoms with Gasteiger partial charge >= 0.3 is 0 Å². The van der Waals surface area contributed by atoms with Crippen LogP contribution in [0.15, 0.2) is 42.6 Å². The van der Waals surface area contributed by atoms with Gasteiger partial charge in [-0.05, 0) is 12.1 Å². The van der Waals surface area contributed by atoms with E-state index >= 15 is 0 Å². The number of para-hydroxylation sites is 1. The van der Waals surface area contributed by atoms with E-state index < -0.39 is 0 Å². The lowest BCUT2D eigenvalue weighted by atomic mass is 10.2. The van der Waals surface area contributed by atoms with Gasteiger partial charge in [-0.15, -0.1) is 0 Å². The predicted molar refractivity (Wildman–Crippen MR) is 58.6 cm³/mol. The van der Waals surface area contributed by atoms with Crippen LogP contribution in [0.3, 0.4) is 0 Å². The number of aromatic amines is 1. The summed E-state index contributed by atoms with van der Waals surface area (Å²) in [4.78, 5) is 3.15. The fraction of sp³-hybridized carbons (Fsp3) is 0.250. The quantitative estimate of drug-likeness (QED) is 0.584. The maximum Gasteiger partial charge on any atom is 0.210 e. The third-order valence-corrected chi connectivity index (χ3v) is 1.57. The van der Waals surface area contributed by atoms with E-state index in [0.717, 1.165) is 0 Å². The zero-order valence-corrected chi connectivity index (χ0v) is 7.54. The molecular weight excluding hydrogens is 158 g/mol. The molecule has 0 aliphatic rings. The first-order valence-corrected chi connectivity index (χ1v) is 4.32. The zero-order valence-electron chi connectivity index (χ0n) is 7.54. The Balaban J connectivity index is 0.000000451. The predicted octanol–water partition coefficient (Wildman–Crippen LogP) is 3.32. The molecular formula is C12H18N+. The van der Waals surface area contributed by atoms with Crippen LogP contribution >= 0.6 is 0 Å². The lowest BCUT2D eigenvalue weighted by molar-refractivity contribution is -0.344. The number of rotatable bonds is 0. The van der Waals surface area contributed by atoms with Crippen LogP contribution in [0.5, 0.6) is 0 Å². The van der Waals surface area contributed by atoms with E-state index in [9.17, 15) is 0 Å². The SMILES string of the molecule is C.CC.c1ccc2[nH+]cccc2c1. The Labute approximate surface area is 80.4 Å². The standard InChI is InChI=1S/C9H7N.C2H6.CH4/c1-2-6-9-8(4-1)5-3-7-10-9;1-2;/h1-7H;1-2H3;1H4/p+1. The molecule has 1 N–H and O–H groups in total. The van der Waals surface area contributed by atoms with Crippen molar-refractivity contribution >= 4 is 10.9 Å². The molecule has 0 amide bonds. The van der Waals surface area contributed by atoms with Crippen molar-refractivity contribution in [1.29, 1.82) is 0 Å². The first-order valence-electron chi connectivity index (χ1n) is 4.32. The van der Waals surface area contributed by atoms with E-state index in [2.05, 4.69) is 23.2 Å². The van der Waals surface area contributed by atoms with Crippen molar-refractivity contribution in [2.24, 2.45) is 0 Å². The maximum atomic E-state index is 3.15. The molecule has 0 aliphatic carbocycles.